The molecule has 0 fully saturated rings. The Hall–Kier alpha value is -0.830. The maximum Gasteiger partial charge on any atom is 0.328 e. The summed E-state index contributed by atoms with van der Waals surface area (Å²) >= 11 is 0. The maximum atomic E-state index is 9.98. The lowest BCUT2D eigenvalue weighted by Gasteiger charge is -2.01. The summed E-state index contributed by atoms with van der Waals surface area (Å²) in [5, 5.41) is 8.20. The van der Waals surface area contributed by atoms with Crippen LogP contribution in [0.25, 0.3) is 0 Å². The summed E-state index contributed by atoms with van der Waals surface area (Å²) in [6, 6.07) is -0.166. The average molecular weight is 129 g/mol. The van der Waals surface area contributed by atoms with E-state index in [1.54, 1.807) is 13.8 Å². The lowest BCUT2D eigenvalue weighted by molar-refractivity contribution is -0.131. The molecule has 1 atom stereocenters. The van der Waals surface area contributed by atoms with Crippen LogP contribution in [-0.4, -0.2) is 17.1 Å². The van der Waals surface area contributed by atoms with Gasteiger partial charge in [-0.05, 0) is 19.4 Å². The highest BCUT2D eigenvalue weighted by atomic mass is 16.4. The Kier molecular flexibility index (Phi) is 2.95. The van der Waals surface area contributed by atoms with Crippen molar-refractivity contribution in [2.24, 2.45) is 5.73 Å². The Balaban J connectivity index is 4.00. The Labute approximate surface area is 54.2 Å². The van der Waals surface area contributed by atoms with Gasteiger partial charge >= 0.3 is 5.97 Å². The molecule has 0 aromatic heterocycles. The number of carboxylic acid groups (broad SMARTS) is 1. The fourth-order valence-corrected chi connectivity index (χ4v) is 0.326. The van der Waals surface area contributed by atoms with Crippen LogP contribution < -0.4 is 5.73 Å². The van der Waals surface area contributed by atoms with E-state index in [4.69, 9.17) is 10.8 Å². The zero-order valence-electron chi connectivity index (χ0n) is 5.59. The van der Waals surface area contributed by atoms with Crippen LogP contribution in [0.3, 0.4) is 0 Å². The van der Waals surface area contributed by atoms with Crippen molar-refractivity contribution in [3.8, 4) is 0 Å². The van der Waals surface area contributed by atoms with Crippen LogP contribution in [0.1, 0.15) is 13.8 Å². The van der Waals surface area contributed by atoms with E-state index in [0.717, 1.165) is 6.08 Å². The van der Waals surface area contributed by atoms with E-state index >= 15 is 0 Å². The van der Waals surface area contributed by atoms with Crippen molar-refractivity contribution < 1.29 is 9.90 Å². The number of aliphatic carboxylic acids is 1. The SMILES string of the molecule is C/C(=C\C(=O)O)[C@@H](C)N. The number of nitrogens with two attached hydrogens (primary N) is 1. The first-order valence-electron chi connectivity index (χ1n) is 2.70. The first-order valence-corrected chi connectivity index (χ1v) is 2.70. The average Bonchev–Trinajstić information content (AvgIpc) is 1.63. The monoisotopic (exact) mass is 129 g/mol. The van der Waals surface area contributed by atoms with Crippen molar-refractivity contribution in [3.05, 3.63) is 11.6 Å². The van der Waals surface area contributed by atoms with E-state index in [0.29, 0.717) is 5.57 Å². The second kappa shape index (κ2) is 3.25. The number of carboxylic acids is 1. The first kappa shape index (κ1) is 8.17. The number of rotatable bonds is 2. The van der Waals surface area contributed by atoms with Gasteiger partial charge in [-0.2, -0.15) is 0 Å². The van der Waals surface area contributed by atoms with Crippen molar-refractivity contribution in [2.75, 3.05) is 0 Å². The summed E-state index contributed by atoms with van der Waals surface area (Å²) in [6.07, 6.45) is 1.12. The van der Waals surface area contributed by atoms with Gasteiger partial charge in [-0.25, -0.2) is 4.79 Å². The van der Waals surface area contributed by atoms with E-state index in [1.807, 2.05) is 0 Å². The molecule has 52 valence electrons. The van der Waals surface area contributed by atoms with Crippen LogP contribution in [0, 0.1) is 0 Å². The van der Waals surface area contributed by atoms with E-state index < -0.39 is 5.97 Å². The molecule has 0 saturated heterocycles. The molecule has 0 aromatic carbocycles. The largest absolute Gasteiger partial charge is 0.478 e. The van der Waals surface area contributed by atoms with Crippen molar-refractivity contribution in [2.45, 2.75) is 19.9 Å². The maximum absolute atomic E-state index is 9.98. The van der Waals surface area contributed by atoms with Crippen molar-refractivity contribution in [3.63, 3.8) is 0 Å². The summed E-state index contributed by atoms with van der Waals surface area (Å²) in [6.45, 7) is 3.44. The van der Waals surface area contributed by atoms with Gasteiger partial charge in [-0.3, -0.25) is 0 Å². The molecule has 0 aliphatic carbocycles. The second-order valence-corrected chi connectivity index (χ2v) is 2.02. The smallest absolute Gasteiger partial charge is 0.328 e. The van der Waals surface area contributed by atoms with E-state index in [1.165, 1.54) is 0 Å². The molecule has 3 nitrogen and oxygen atoms in total. The van der Waals surface area contributed by atoms with Crippen LogP contribution in [0.2, 0.25) is 0 Å². The molecule has 0 amide bonds. The van der Waals surface area contributed by atoms with Crippen molar-refractivity contribution in [1.82, 2.24) is 0 Å². The van der Waals surface area contributed by atoms with E-state index in [9.17, 15) is 4.79 Å². The zero-order chi connectivity index (χ0) is 7.44. The minimum atomic E-state index is -0.940. The Bertz CT molecular complexity index is 138. The molecule has 0 bridgehead atoms. The van der Waals surface area contributed by atoms with Crippen molar-refractivity contribution in [1.29, 1.82) is 0 Å². The third-order valence-electron chi connectivity index (χ3n) is 1.07. The minimum absolute atomic E-state index is 0.166. The second-order valence-electron chi connectivity index (χ2n) is 2.02. The molecule has 0 rings (SSSR count). The van der Waals surface area contributed by atoms with Crippen LogP contribution in [0.15, 0.2) is 11.6 Å². The highest BCUT2D eigenvalue weighted by molar-refractivity contribution is 5.80. The fourth-order valence-electron chi connectivity index (χ4n) is 0.326. The molecule has 0 aliphatic heterocycles. The number of hydrogen-bond donors (Lipinski definition) is 2. The highest BCUT2D eigenvalue weighted by Crippen LogP contribution is 1.95. The van der Waals surface area contributed by atoms with Gasteiger partial charge in [0.1, 0.15) is 0 Å². The van der Waals surface area contributed by atoms with Gasteiger partial charge in [0.05, 0.1) is 0 Å². The molecule has 0 spiro atoms. The predicted octanol–water partition coefficient (Wildman–Crippen LogP) is 0.365. The van der Waals surface area contributed by atoms with Crippen molar-refractivity contribution >= 4 is 5.97 Å². The van der Waals surface area contributed by atoms with Gasteiger partial charge < -0.3 is 10.8 Å². The topological polar surface area (TPSA) is 63.3 Å². The molecule has 0 aliphatic rings. The molecule has 0 aromatic rings. The zero-order valence-corrected chi connectivity index (χ0v) is 5.59. The Morgan fingerprint density at radius 1 is 1.78 bits per heavy atom. The van der Waals surface area contributed by atoms with Gasteiger partial charge in [0, 0.05) is 12.1 Å². The van der Waals surface area contributed by atoms with Gasteiger partial charge in [-0.1, -0.05) is 0 Å². The molecule has 0 radical (unpaired) electrons. The van der Waals surface area contributed by atoms with Crippen LogP contribution >= 0.6 is 0 Å². The molecular weight excluding hydrogens is 118 g/mol. The third kappa shape index (κ3) is 3.73. The molecular formula is C6H11NO2. The predicted molar refractivity (Wildman–Crippen MR) is 35.0 cm³/mol. The van der Waals surface area contributed by atoms with Crippen LogP contribution in [0.4, 0.5) is 0 Å². The summed E-state index contributed by atoms with van der Waals surface area (Å²) < 4.78 is 0. The Morgan fingerprint density at radius 3 is 2.33 bits per heavy atom. The van der Waals surface area contributed by atoms with Crippen LogP contribution in [0.5, 0.6) is 0 Å². The summed E-state index contributed by atoms with van der Waals surface area (Å²) in [5.41, 5.74) is 6.04. The summed E-state index contributed by atoms with van der Waals surface area (Å²) in [5.74, 6) is -0.940. The van der Waals surface area contributed by atoms with E-state index in [-0.39, 0.29) is 6.04 Å². The molecule has 3 heteroatoms. The highest BCUT2D eigenvalue weighted by Gasteiger charge is 1.97. The van der Waals surface area contributed by atoms with Gasteiger partial charge in [0.2, 0.25) is 0 Å². The van der Waals surface area contributed by atoms with Gasteiger partial charge in [0.15, 0.2) is 0 Å². The molecule has 9 heavy (non-hydrogen) atoms. The molecule has 0 heterocycles. The summed E-state index contributed by atoms with van der Waals surface area (Å²) in [7, 11) is 0. The van der Waals surface area contributed by atoms with Gasteiger partial charge in [0.25, 0.3) is 0 Å². The number of carbonyl (C=O) groups is 1. The Morgan fingerprint density at radius 2 is 2.22 bits per heavy atom. The minimum Gasteiger partial charge on any atom is -0.478 e. The summed E-state index contributed by atoms with van der Waals surface area (Å²) in [4.78, 5) is 9.98. The van der Waals surface area contributed by atoms with Gasteiger partial charge in [-0.15, -0.1) is 0 Å². The van der Waals surface area contributed by atoms with E-state index in [2.05, 4.69) is 0 Å². The quantitative estimate of drug-likeness (QED) is 0.529. The normalized spacial score (nSPS) is 15.2. The fraction of sp³-hybridized carbons (Fsp3) is 0.500. The number of hydrogen-bond acceptors (Lipinski definition) is 2. The molecule has 0 unspecified atom stereocenters. The first-order chi connectivity index (χ1) is 4.04. The molecule has 3 N–H and O–H groups in total. The molecule has 0 saturated carbocycles. The van der Waals surface area contributed by atoms with Crippen LogP contribution in [-0.2, 0) is 4.79 Å². The lowest BCUT2D eigenvalue weighted by atomic mass is 10.1. The lowest BCUT2D eigenvalue weighted by Crippen LogP contribution is -2.16. The standard InChI is InChI=1S/C6H11NO2/c1-4(5(2)7)3-6(8)9/h3,5H,7H2,1-2H3,(H,8,9)/b4-3+/t5-/m1/s1. The third-order valence-corrected chi connectivity index (χ3v) is 1.07.